The van der Waals surface area contributed by atoms with Gasteiger partial charge in [0.25, 0.3) is 0 Å². The molecule has 3 atom stereocenters. The fourth-order valence-corrected chi connectivity index (χ4v) is 3.98. The van der Waals surface area contributed by atoms with Gasteiger partial charge in [-0.05, 0) is 37.8 Å². The maximum Gasteiger partial charge on any atom is 0.326 e. The third-order valence-electron chi connectivity index (χ3n) is 5.54. The van der Waals surface area contributed by atoms with Gasteiger partial charge in [0.2, 0.25) is 17.7 Å². The fourth-order valence-electron chi connectivity index (χ4n) is 3.98. The van der Waals surface area contributed by atoms with Crippen molar-refractivity contribution in [3.05, 3.63) is 35.9 Å². The molecule has 1 aromatic carbocycles. The first-order chi connectivity index (χ1) is 14.5. The lowest BCUT2D eigenvalue weighted by Crippen LogP contribution is -2.54. The molecule has 3 rings (SSSR count). The highest BCUT2D eigenvalue weighted by atomic mass is 16.4. The number of carboxylic acids is 1. The Morgan fingerprint density at radius 2 is 1.90 bits per heavy atom. The highest BCUT2D eigenvalue weighted by Gasteiger charge is 2.37. The van der Waals surface area contributed by atoms with Gasteiger partial charge in [0.15, 0.2) is 0 Å². The van der Waals surface area contributed by atoms with Gasteiger partial charge < -0.3 is 26.0 Å². The summed E-state index contributed by atoms with van der Waals surface area (Å²) in [6, 6.07) is 7.15. The van der Waals surface area contributed by atoms with E-state index in [2.05, 4.69) is 16.0 Å². The summed E-state index contributed by atoms with van der Waals surface area (Å²) in [5, 5.41) is 17.8. The molecule has 2 saturated heterocycles. The van der Waals surface area contributed by atoms with E-state index in [1.165, 1.54) is 4.90 Å². The number of likely N-dealkylation sites (tertiary alicyclic amines) is 1. The van der Waals surface area contributed by atoms with Crippen molar-refractivity contribution < 1.29 is 24.3 Å². The SMILES string of the molecule is O=C(CNC(=O)C1CCCN1)NC(Cc1ccccc1)C(=O)N1CCCC1C(=O)O. The number of amides is 3. The molecule has 0 radical (unpaired) electrons. The Hall–Kier alpha value is -2.94. The maximum atomic E-state index is 13.1. The van der Waals surface area contributed by atoms with E-state index in [0.717, 1.165) is 24.9 Å². The van der Waals surface area contributed by atoms with Crippen LogP contribution in [0.2, 0.25) is 0 Å². The van der Waals surface area contributed by atoms with Gasteiger partial charge in [-0.25, -0.2) is 4.79 Å². The summed E-state index contributed by atoms with van der Waals surface area (Å²) in [5.41, 5.74) is 0.849. The first kappa shape index (κ1) is 21.8. The predicted octanol–water partition coefficient (Wildman–Crippen LogP) is -0.342. The van der Waals surface area contributed by atoms with Crippen molar-refractivity contribution in [1.82, 2.24) is 20.9 Å². The third-order valence-corrected chi connectivity index (χ3v) is 5.54. The standard InChI is InChI=1S/C21H28N4O5/c26-18(13-23-19(27)15-8-4-10-22-15)24-16(12-14-6-2-1-3-7-14)20(28)25-11-5-9-17(25)21(29)30/h1-3,6-7,15-17,22H,4-5,8-13H2,(H,23,27)(H,24,26)(H,29,30). The molecule has 9 nitrogen and oxygen atoms in total. The normalized spacial score (nSPS) is 21.8. The second-order valence-electron chi connectivity index (χ2n) is 7.70. The van der Waals surface area contributed by atoms with Crippen LogP contribution in [0.4, 0.5) is 0 Å². The van der Waals surface area contributed by atoms with E-state index in [1.54, 1.807) is 0 Å². The summed E-state index contributed by atoms with van der Waals surface area (Å²) < 4.78 is 0. The van der Waals surface area contributed by atoms with E-state index < -0.39 is 29.9 Å². The number of benzene rings is 1. The summed E-state index contributed by atoms with van der Waals surface area (Å²) in [6.07, 6.45) is 2.90. The van der Waals surface area contributed by atoms with Crippen LogP contribution in [0.1, 0.15) is 31.2 Å². The Labute approximate surface area is 175 Å². The van der Waals surface area contributed by atoms with E-state index in [4.69, 9.17) is 0 Å². The van der Waals surface area contributed by atoms with E-state index in [-0.39, 0.29) is 24.9 Å². The molecule has 0 saturated carbocycles. The Morgan fingerprint density at radius 1 is 1.13 bits per heavy atom. The fraction of sp³-hybridized carbons (Fsp3) is 0.524. The molecule has 0 spiro atoms. The van der Waals surface area contributed by atoms with Crippen LogP contribution in [0.3, 0.4) is 0 Å². The lowest BCUT2D eigenvalue weighted by atomic mass is 10.0. The highest BCUT2D eigenvalue weighted by molar-refractivity contribution is 5.93. The van der Waals surface area contributed by atoms with Gasteiger partial charge in [-0.3, -0.25) is 14.4 Å². The first-order valence-electron chi connectivity index (χ1n) is 10.3. The van der Waals surface area contributed by atoms with Crippen LogP contribution in [0, 0.1) is 0 Å². The maximum absolute atomic E-state index is 13.1. The third kappa shape index (κ3) is 5.56. The molecule has 0 aromatic heterocycles. The largest absolute Gasteiger partial charge is 0.480 e. The van der Waals surface area contributed by atoms with Gasteiger partial charge in [-0.2, -0.15) is 0 Å². The van der Waals surface area contributed by atoms with E-state index >= 15 is 0 Å². The van der Waals surface area contributed by atoms with E-state index in [9.17, 15) is 24.3 Å². The number of rotatable bonds is 8. The average Bonchev–Trinajstić information content (AvgIpc) is 3.44. The van der Waals surface area contributed by atoms with Crippen LogP contribution in [0.25, 0.3) is 0 Å². The molecule has 0 aliphatic carbocycles. The Balaban J connectivity index is 1.64. The van der Waals surface area contributed by atoms with Crippen molar-refractivity contribution in [2.75, 3.05) is 19.6 Å². The highest BCUT2D eigenvalue weighted by Crippen LogP contribution is 2.19. The van der Waals surface area contributed by atoms with Crippen LogP contribution in [-0.2, 0) is 25.6 Å². The molecule has 4 N–H and O–H groups in total. The quantitative estimate of drug-likeness (QED) is 0.459. The van der Waals surface area contributed by atoms with Gasteiger partial charge in [-0.1, -0.05) is 30.3 Å². The van der Waals surface area contributed by atoms with Crippen molar-refractivity contribution in [2.45, 2.75) is 50.2 Å². The van der Waals surface area contributed by atoms with Gasteiger partial charge in [0.05, 0.1) is 12.6 Å². The summed E-state index contributed by atoms with van der Waals surface area (Å²) in [6.45, 7) is 0.886. The second-order valence-corrected chi connectivity index (χ2v) is 7.70. The number of carboxylic acid groups (broad SMARTS) is 1. The molecule has 3 amide bonds. The molecule has 2 fully saturated rings. The lowest BCUT2D eigenvalue weighted by Gasteiger charge is -2.27. The summed E-state index contributed by atoms with van der Waals surface area (Å²) in [7, 11) is 0. The number of nitrogens with one attached hydrogen (secondary N) is 3. The Kier molecular flexibility index (Phi) is 7.40. The number of hydrogen-bond donors (Lipinski definition) is 4. The summed E-state index contributed by atoms with van der Waals surface area (Å²) in [4.78, 5) is 50.5. The molecule has 0 bridgehead atoms. The zero-order valence-corrected chi connectivity index (χ0v) is 16.8. The molecule has 1 aromatic rings. The summed E-state index contributed by atoms with van der Waals surface area (Å²) in [5.74, 6) is -2.18. The smallest absolute Gasteiger partial charge is 0.326 e. The topological polar surface area (TPSA) is 128 Å². The number of nitrogens with zero attached hydrogens (tertiary/aromatic N) is 1. The molecule has 2 aliphatic heterocycles. The number of aliphatic carboxylic acids is 1. The number of carbonyl (C=O) groups is 4. The molecule has 3 unspecified atom stereocenters. The molecular weight excluding hydrogens is 388 g/mol. The molecule has 30 heavy (non-hydrogen) atoms. The lowest BCUT2D eigenvalue weighted by molar-refractivity contribution is -0.149. The van der Waals surface area contributed by atoms with Crippen LogP contribution in [0.5, 0.6) is 0 Å². The minimum Gasteiger partial charge on any atom is -0.480 e. The van der Waals surface area contributed by atoms with Crippen molar-refractivity contribution >= 4 is 23.7 Å². The van der Waals surface area contributed by atoms with Gasteiger partial charge in [0, 0.05) is 13.0 Å². The molecule has 2 heterocycles. The molecule has 9 heteroatoms. The minimum atomic E-state index is -1.04. The zero-order valence-electron chi connectivity index (χ0n) is 16.8. The van der Waals surface area contributed by atoms with Gasteiger partial charge >= 0.3 is 5.97 Å². The van der Waals surface area contributed by atoms with Crippen LogP contribution in [0.15, 0.2) is 30.3 Å². The number of hydrogen-bond acceptors (Lipinski definition) is 5. The van der Waals surface area contributed by atoms with E-state index in [1.807, 2.05) is 30.3 Å². The minimum absolute atomic E-state index is 0.237. The van der Waals surface area contributed by atoms with Crippen molar-refractivity contribution in [2.24, 2.45) is 0 Å². The van der Waals surface area contributed by atoms with Gasteiger partial charge in [0.1, 0.15) is 12.1 Å². The Bertz CT molecular complexity index is 779. The number of carbonyl (C=O) groups excluding carboxylic acids is 3. The monoisotopic (exact) mass is 416 g/mol. The van der Waals surface area contributed by atoms with Crippen molar-refractivity contribution in [3.8, 4) is 0 Å². The first-order valence-corrected chi connectivity index (χ1v) is 10.3. The summed E-state index contributed by atoms with van der Waals surface area (Å²) >= 11 is 0. The zero-order chi connectivity index (χ0) is 21.5. The Morgan fingerprint density at radius 3 is 2.57 bits per heavy atom. The van der Waals surface area contributed by atoms with Crippen LogP contribution >= 0.6 is 0 Å². The predicted molar refractivity (Wildman–Crippen MR) is 108 cm³/mol. The van der Waals surface area contributed by atoms with Crippen molar-refractivity contribution in [3.63, 3.8) is 0 Å². The average molecular weight is 416 g/mol. The van der Waals surface area contributed by atoms with Crippen LogP contribution in [-0.4, -0.2) is 71.5 Å². The molecular formula is C21H28N4O5. The second kappa shape index (κ2) is 10.2. The molecule has 2 aliphatic rings. The molecule has 162 valence electrons. The van der Waals surface area contributed by atoms with Gasteiger partial charge in [-0.15, -0.1) is 0 Å². The van der Waals surface area contributed by atoms with E-state index in [0.29, 0.717) is 19.4 Å². The van der Waals surface area contributed by atoms with Crippen molar-refractivity contribution in [1.29, 1.82) is 0 Å². The van der Waals surface area contributed by atoms with Crippen LogP contribution < -0.4 is 16.0 Å².